The van der Waals surface area contributed by atoms with Crippen LogP contribution < -0.4 is 10.6 Å². The van der Waals surface area contributed by atoms with Gasteiger partial charge >= 0.3 is 0 Å². The highest BCUT2D eigenvalue weighted by atomic mass is 35.5. The number of hydrogen-bond acceptors (Lipinski definition) is 4. The first kappa shape index (κ1) is 25.3. The SMILES string of the molecule is Cc1cccc(NC(=O)CCN2C(=S)N[C@@H](c3ccccn3)[C@H]2c2ccc(-c3ccc(Cl)cc3Cl)o2)c1. The van der Waals surface area contributed by atoms with Crippen molar-refractivity contribution < 1.29 is 9.21 Å². The molecule has 9 heteroatoms. The molecule has 1 saturated heterocycles. The first-order valence-corrected chi connectivity index (χ1v) is 13.0. The number of nitrogens with zero attached hydrogens (tertiary/aromatic N) is 2. The second kappa shape index (κ2) is 10.9. The fraction of sp³-hybridized carbons (Fsp3) is 0.179. The molecule has 2 aromatic carbocycles. The highest BCUT2D eigenvalue weighted by Crippen LogP contribution is 2.41. The quantitative estimate of drug-likeness (QED) is 0.242. The van der Waals surface area contributed by atoms with Gasteiger partial charge in [0, 0.05) is 35.4 Å². The predicted octanol–water partition coefficient (Wildman–Crippen LogP) is 6.96. The molecule has 6 nitrogen and oxygen atoms in total. The van der Waals surface area contributed by atoms with Crippen LogP contribution in [0.5, 0.6) is 0 Å². The molecule has 0 spiro atoms. The number of nitrogens with one attached hydrogen (secondary N) is 2. The third-order valence-corrected chi connectivity index (χ3v) is 7.09. The van der Waals surface area contributed by atoms with E-state index in [2.05, 4.69) is 15.6 Å². The van der Waals surface area contributed by atoms with E-state index >= 15 is 0 Å². The summed E-state index contributed by atoms with van der Waals surface area (Å²) in [5, 5.41) is 7.93. The Labute approximate surface area is 230 Å². The van der Waals surface area contributed by atoms with Crippen molar-refractivity contribution in [1.29, 1.82) is 0 Å². The van der Waals surface area contributed by atoms with Crippen molar-refractivity contribution in [3.8, 4) is 11.3 Å². The molecular formula is C28H24Cl2N4O2S. The van der Waals surface area contributed by atoms with Crippen molar-refractivity contribution in [2.24, 2.45) is 0 Å². The average Bonchev–Trinajstić information content (AvgIpc) is 3.47. The first-order chi connectivity index (χ1) is 17.9. The van der Waals surface area contributed by atoms with Crippen LogP contribution in [-0.2, 0) is 4.79 Å². The van der Waals surface area contributed by atoms with Gasteiger partial charge < -0.3 is 20.0 Å². The largest absolute Gasteiger partial charge is 0.459 e. The minimum atomic E-state index is -0.311. The van der Waals surface area contributed by atoms with E-state index in [1.54, 1.807) is 18.3 Å². The average molecular weight is 551 g/mol. The van der Waals surface area contributed by atoms with E-state index in [1.807, 2.05) is 72.5 Å². The fourth-order valence-corrected chi connectivity index (χ4v) is 5.30. The van der Waals surface area contributed by atoms with Crippen molar-refractivity contribution in [3.63, 3.8) is 0 Å². The van der Waals surface area contributed by atoms with Gasteiger partial charge in [0.1, 0.15) is 17.6 Å². The zero-order valence-electron chi connectivity index (χ0n) is 19.9. The predicted molar refractivity (Wildman–Crippen MR) is 151 cm³/mol. The lowest BCUT2D eigenvalue weighted by molar-refractivity contribution is -0.116. The third-order valence-electron chi connectivity index (χ3n) is 6.19. The number of anilines is 1. The molecule has 1 amide bonds. The molecule has 1 aliphatic heterocycles. The molecule has 0 saturated carbocycles. The zero-order valence-corrected chi connectivity index (χ0v) is 22.3. The Kier molecular flexibility index (Phi) is 7.46. The summed E-state index contributed by atoms with van der Waals surface area (Å²) in [5.74, 6) is 1.20. The maximum atomic E-state index is 12.8. The number of rotatable bonds is 7. The van der Waals surface area contributed by atoms with E-state index in [0.29, 0.717) is 33.2 Å². The Morgan fingerprint density at radius 2 is 1.97 bits per heavy atom. The lowest BCUT2D eigenvalue weighted by atomic mass is 10.0. The number of aryl methyl sites for hydroxylation is 1. The summed E-state index contributed by atoms with van der Waals surface area (Å²) in [6.45, 7) is 2.39. The van der Waals surface area contributed by atoms with Crippen molar-refractivity contribution in [1.82, 2.24) is 15.2 Å². The zero-order chi connectivity index (χ0) is 25.9. The Hall–Kier alpha value is -3.39. The highest BCUT2D eigenvalue weighted by Gasteiger charge is 2.41. The fourth-order valence-electron chi connectivity index (χ4n) is 4.47. The van der Waals surface area contributed by atoms with Crippen LogP contribution in [-0.4, -0.2) is 27.4 Å². The number of hydrogen-bond donors (Lipinski definition) is 2. The summed E-state index contributed by atoms with van der Waals surface area (Å²) < 4.78 is 6.32. The summed E-state index contributed by atoms with van der Waals surface area (Å²) >= 11 is 18.2. The van der Waals surface area contributed by atoms with Crippen molar-refractivity contribution >= 4 is 52.1 Å². The maximum Gasteiger partial charge on any atom is 0.226 e. The molecule has 188 valence electrons. The minimum Gasteiger partial charge on any atom is -0.459 e. The summed E-state index contributed by atoms with van der Waals surface area (Å²) in [4.78, 5) is 19.3. The van der Waals surface area contributed by atoms with Gasteiger partial charge in [-0.15, -0.1) is 0 Å². The van der Waals surface area contributed by atoms with E-state index in [1.165, 1.54) is 0 Å². The van der Waals surface area contributed by atoms with E-state index in [0.717, 1.165) is 22.5 Å². The van der Waals surface area contributed by atoms with Gasteiger partial charge in [-0.05, 0) is 79.3 Å². The van der Waals surface area contributed by atoms with Crippen molar-refractivity contribution in [2.45, 2.75) is 25.4 Å². The van der Waals surface area contributed by atoms with Gasteiger partial charge in [0.25, 0.3) is 0 Å². The molecule has 0 aliphatic carbocycles. The molecule has 4 aromatic rings. The number of aromatic nitrogens is 1. The van der Waals surface area contributed by atoms with Gasteiger partial charge in [0.05, 0.1) is 16.8 Å². The number of amides is 1. The molecular weight excluding hydrogens is 527 g/mol. The molecule has 0 radical (unpaired) electrons. The number of furan rings is 1. The van der Waals surface area contributed by atoms with Gasteiger partial charge in [-0.25, -0.2) is 0 Å². The molecule has 5 rings (SSSR count). The molecule has 2 N–H and O–H groups in total. The molecule has 1 fully saturated rings. The second-order valence-electron chi connectivity index (χ2n) is 8.81. The summed E-state index contributed by atoms with van der Waals surface area (Å²) in [5.41, 5.74) is 3.41. The number of carbonyl (C=O) groups excluding carboxylic acids is 1. The molecule has 0 unspecified atom stereocenters. The Bertz CT molecular complexity index is 1440. The number of carbonyl (C=O) groups is 1. The topological polar surface area (TPSA) is 70.4 Å². The standard InChI is InChI=1S/C28H24Cl2N4O2S/c1-17-5-4-6-19(15-17)32-25(35)12-14-34-27(26(33-28(34)37)22-7-2-3-13-31-22)24-11-10-23(36-24)20-9-8-18(29)16-21(20)30/h2-11,13,15-16,26-27H,12,14H2,1H3,(H,32,35)(H,33,37)/t26-,27+/m0/s1. The Morgan fingerprint density at radius 1 is 1.11 bits per heavy atom. The number of halogens is 2. The molecule has 1 aliphatic rings. The van der Waals surface area contributed by atoms with Crippen LogP contribution in [0.2, 0.25) is 10.0 Å². The lowest BCUT2D eigenvalue weighted by Crippen LogP contribution is -2.32. The Balaban J connectivity index is 1.41. The smallest absolute Gasteiger partial charge is 0.226 e. The second-order valence-corrected chi connectivity index (χ2v) is 10.0. The highest BCUT2D eigenvalue weighted by molar-refractivity contribution is 7.80. The van der Waals surface area contributed by atoms with Crippen LogP contribution in [0.15, 0.2) is 83.4 Å². The normalized spacial score (nSPS) is 17.1. The third kappa shape index (κ3) is 5.64. The molecule has 37 heavy (non-hydrogen) atoms. The Morgan fingerprint density at radius 3 is 2.73 bits per heavy atom. The van der Waals surface area contributed by atoms with Crippen LogP contribution in [0, 0.1) is 6.92 Å². The van der Waals surface area contributed by atoms with Crippen LogP contribution in [0.1, 0.15) is 35.5 Å². The number of pyridine rings is 1. The van der Waals surface area contributed by atoms with Crippen molar-refractivity contribution in [2.75, 3.05) is 11.9 Å². The van der Waals surface area contributed by atoms with Crippen LogP contribution in [0.4, 0.5) is 5.69 Å². The van der Waals surface area contributed by atoms with Gasteiger partial charge in [-0.3, -0.25) is 9.78 Å². The first-order valence-electron chi connectivity index (χ1n) is 11.8. The maximum absolute atomic E-state index is 12.8. The van der Waals surface area contributed by atoms with E-state index in [-0.39, 0.29) is 24.4 Å². The molecule has 2 atom stereocenters. The van der Waals surface area contributed by atoms with Crippen molar-refractivity contribution in [3.05, 3.63) is 106 Å². The van der Waals surface area contributed by atoms with Gasteiger partial charge in [-0.1, -0.05) is 41.4 Å². The van der Waals surface area contributed by atoms with E-state index in [9.17, 15) is 4.79 Å². The number of benzene rings is 2. The van der Waals surface area contributed by atoms with Gasteiger partial charge in [-0.2, -0.15) is 0 Å². The number of thiocarbonyl (C=S) groups is 1. The van der Waals surface area contributed by atoms with Crippen LogP contribution >= 0.6 is 35.4 Å². The molecule has 2 aromatic heterocycles. The molecule has 3 heterocycles. The lowest BCUT2D eigenvalue weighted by Gasteiger charge is -2.25. The summed E-state index contributed by atoms with van der Waals surface area (Å²) in [7, 11) is 0. The van der Waals surface area contributed by atoms with Gasteiger partial charge in [0.15, 0.2) is 5.11 Å². The summed E-state index contributed by atoms with van der Waals surface area (Å²) in [6.07, 6.45) is 1.99. The minimum absolute atomic E-state index is 0.0958. The van der Waals surface area contributed by atoms with E-state index in [4.69, 9.17) is 39.8 Å². The summed E-state index contributed by atoms with van der Waals surface area (Å²) in [6, 6.07) is 22.0. The van der Waals surface area contributed by atoms with Crippen LogP contribution in [0.3, 0.4) is 0 Å². The monoisotopic (exact) mass is 550 g/mol. The van der Waals surface area contributed by atoms with E-state index < -0.39 is 0 Å². The van der Waals surface area contributed by atoms with Crippen LogP contribution in [0.25, 0.3) is 11.3 Å². The van der Waals surface area contributed by atoms with Gasteiger partial charge in [0.2, 0.25) is 5.91 Å². The molecule has 0 bridgehead atoms.